The largest absolute Gasteiger partial charge is 0.481 e. The zero-order valence-electron chi connectivity index (χ0n) is 9.30. The number of rotatable bonds is 2. The maximum Gasteiger partial charge on any atom is 0.207 e. The van der Waals surface area contributed by atoms with Crippen molar-refractivity contribution in [1.29, 1.82) is 0 Å². The van der Waals surface area contributed by atoms with Gasteiger partial charge in [-0.15, -0.1) is 0 Å². The van der Waals surface area contributed by atoms with Crippen LogP contribution in [-0.4, -0.2) is 11.9 Å². The number of hydrogen-bond acceptors (Lipinski definition) is 2. The molecule has 0 aliphatic carbocycles. The molecule has 2 nitrogen and oxygen atoms in total. The fourth-order valence-corrected chi connectivity index (χ4v) is 2.12. The van der Waals surface area contributed by atoms with Crippen molar-refractivity contribution >= 4 is 5.78 Å². The van der Waals surface area contributed by atoms with E-state index in [1.807, 2.05) is 54.6 Å². The minimum Gasteiger partial charge on any atom is -0.481 e. The van der Waals surface area contributed by atoms with E-state index in [2.05, 4.69) is 0 Å². The lowest BCUT2D eigenvalue weighted by molar-refractivity contribution is 0.0858. The summed E-state index contributed by atoms with van der Waals surface area (Å²) in [5.74, 6) is 0.794. The number of ketones is 1. The quantitative estimate of drug-likeness (QED) is 0.784. The highest BCUT2D eigenvalue weighted by Gasteiger charge is 2.31. The number of fused-ring (bicyclic) bond motifs is 1. The molecule has 0 bridgehead atoms. The van der Waals surface area contributed by atoms with Gasteiger partial charge in [0.15, 0.2) is 6.10 Å². The standard InChI is InChI=1S/C15H12O2/c16-15-12-8-4-5-9-13(12)17-14(15)10-11-6-2-1-3-7-11/h1-9,14H,10H2/t14-/m1/s1. The first kappa shape index (κ1) is 10.1. The number of Topliss-reactive ketones (excluding diaryl/α,β-unsaturated/α-hetero) is 1. The minimum absolute atomic E-state index is 0.0875. The second-order valence-corrected chi connectivity index (χ2v) is 4.16. The Morgan fingerprint density at radius 3 is 2.41 bits per heavy atom. The molecule has 17 heavy (non-hydrogen) atoms. The van der Waals surface area contributed by atoms with Gasteiger partial charge in [-0.2, -0.15) is 0 Å². The monoisotopic (exact) mass is 224 g/mol. The van der Waals surface area contributed by atoms with Crippen molar-refractivity contribution in [2.45, 2.75) is 12.5 Å². The SMILES string of the molecule is O=C1c2ccccc2O[C@@H]1Cc1ccccc1. The van der Waals surface area contributed by atoms with E-state index in [0.29, 0.717) is 17.7 Å². The number of carbonyl (C=O) groups is 1. The fraction of sp³-hybridized carbons (Fsp3) is 0.133. The summed E-state index contributed by atoms with van der Waals surface area (Å²) in [6.07, 6.45) is 0.267. The first-order valence-electron chi connectivity index (χ1n) is 5.68. The second kappa shape index (κ2) is 4.06. The third kappa shape index (κ3) is 1.82. The van der Waals surface area contributed by atoms with Gasteiger partial charge < -0.3 is 4.74 Å². The average molecular weight is 224 g/mol. The Morgan fingerprint density at radius 2 is 1.65 bits per heavy atom. The van der Waals surface area contributed by atoms with Crippen LogP contribution in [0.3, 0.4) is 0 Å². The summed E-state index contributed by atoms with van der Waals surface area (Å²) in [6.45, 7) is 0. The first-order chi connectivity index (χ1) is 8.34. The summed E-state index contributed by atoms with van der Waals surface area (Å²) in [6, 6.07) is 17.4. The molecule has 1 heterocycles. The molecule has 2 aromatic rings. The lowest BCUT2D eigenvalue weighted by atomic mass is 10.0. The van der Waals surface area contributed by atoms with Gasteiger partial charge in [0, 0.05) is 6.42 Å². The van der Waals surface area contributed by atoms with Crippen molar-refractivity contribution in [2.75, 3.05) is 0 Å². The van der Waals surface area contributed by atoms with Crippen molar-refractivity contribution < 1.29 is 9.53 Å². The van der Waals surface area contributed by atoms with Crippen LogP contribution < -0.4 is 4.74 Å². The van der Waals surface area contributed by atoms with E-state index in [0.717, 1.165) is 5.56 Å². The van der Waals surface area contributed by atoms with Crippen LogP contribution in [-0.2, 0) is 6.42 Å². The summed E-state index contributed by atoms with van der Waals surface area (Å²) >= 11 is 0. The Morgan fingerprint density at radius 1 is 0.941 bits per heavy atom. The number of para-hydroxylation sites is 1. The van der Waals surface area contributed by atoms with Crippen LogP contribution in [0, 0.1) is 0 Å². The Bertz CT molecular complexity index is 546. The van der Waals surface area contributed by atoms with Crippen LogP contribution in [0.5, 0.6) is 5.75 Å². The predicted molar refractivity (Wildman–Crippen MR) is 65.3 cm³/mol. The van der Waals surface area contributed by atoms with Gasteiger partial charge in [-0.05, 0) is 17.7 Å². The molecule has 0 aromatic heterocycles. The lowest BCUT2D eigenvalue weighted by Crippen LogP contribution is -2.23. The zero-order valence-corrected chi connectivity index (χ0v) is 9.30. The van der Waals surface area contributed by atoms with Crippen molar-refractivity contribution in [2.24, 2.45) is 0 Å². The second-order valence-electron chi connectivity index (χ2n) is 4.16. The Kier molecular flexibility index (Phi) is 2.41. The van der Waals surface area contributed by atoms with E-state index in [4.69, 9.17) is 4.74 Å². The molecular weight excluding hydrogens is 212 g/mol. The molecule has 1 aliphatic rings. The summed E-state index contributed by atoms with van der Waals surface area (Å²) in [5.41, 5.74) is 1.83. The number of hydrogen-bond donors (Lipinski definition) is 0. The van der Waals surface area contributed by atoms with E-state index in [9.17, 15) is 4.79 Å². The van der Waals surface area contributed by atoms with Gasteiger partial charge in [0.25, 0.3) is 0 Å². The van der Waals surface area contributed by atoms with Crippen LogP contribution >= 0.6 is 0 Å². The third-order valence-electron chi connectivity index (χ3n) is 2.98. The Balaban J connectivity index is 1.83. The molecule has 2 aromatic carbocycles. The summed E-state index contributed by atoms with van der Waals surface area (Å²) in [5, 5.41) is 0. The minimum atomic E-state index is -0.366. The van der Waals surface area contributed by atoms with E-state index in [1.165, 1.54) is 0 Å². The van der Waals surface area contributed by atoms with Crippen LogP contribution in [0.25, 0.3) is 0 Å². The molecule has 0 fully saturated rings. The van der Waals surface area contributed by atoms with Gasteiger partial charge >= 0.3 is 0 Å². The summed E-state index contributed by atoms with van der Waals surface area (Å²) in [4.78, 5) is 12.1. The van der Waals surface area contributed by atoms with E-state index < -0.39 is 0 Å². The highest BCUT2D eigenvalue weighted by molar-refractivity contribution is 6.04. The van der Waals surface area contributed by atoms with Crippen LogP contribution in [0.4, 0.5) is 0 Å². The third-order valence-corrected chi connectivity index (χ3v) is 2.98. The fourth-order valence-electron chi connectivity index (χ4n) is 2.12. The van der Waals surface area contributed by atoms with Gasteiger partial charge in [0.1, 0.15) is 5.75 Å². The van der Waals surface area contributed by atoms with E-state index in [1.54, 1.807) is 0 Å². The van der Waals surface area contributed by atoms with Gasteiger partial charge in [0.05, 0.1) is 5.56 Å². The average Bonchev–Trinajstić information content (AvgIpc) is 2.68. The van der Waals surface area contributed by atoms with Gasteiger partial charge in [0.2, 0.25) is 5.78 Å². The van der Waals surface area contributed by atoms with E-state index in [-0.39, 0.29) is 11.9 Å². The van der Waals surface area contributed by atoms with Crippen LogP contribution in [0.1, 0.15) is 15.9 Å². The van der Waals surface area contributed by atoms with Gasteiger partial charge in [-0.1, -0.05) is 42.5 Å². The number of benzene rings is 2. The van der Waals surface area contributed by atoms with Crippen molar-refractivity contribution in [3.05, 3.63) is 65.7 Å². The van der Waals surface area contributed by atoms with Crippen molar-refractivity contribution in [1.82, 2.24) is 0 Å². The molecule has 0 saturated carbocycles. The normalized spacial score (nSPS) is 17.6. The number of ether oxygens (including phenoxy) is 1. The molecule has 0 radical (unpaired) electrons. The van der Waals surface area contributed by atoms with E-state index >= 15 is 0 Å². The molecule has 1 atom stereocenters. The molecule has 2 heteroatoms. The maximum atomic E-state index is 12.1. The molecular formula is C15H12O2. The zero-order chi connectivity index (χ0) is 11.7. The highest BCUT2D eigenvalue weighted by atomic mass is 16.5. The summed E-state index contributed by atoms with van der Waals surface area (Å²) in [7, 11) is 0. The lowest BCUT2D eigenvalue weighted by Gasteiger charge is -2.08. The smallest absolute Gasteiger partial charge is 0.207 e. The topological polar surface area (TPSA) is 26.3 Å². The molecule has 3 rings (SSSR count). The maximum absolute atomic E-state index is 12.1. The van der Waals surface area contributed by atoms with Crippen LogP contribution in [0.2, 0.25) is 0 Å². The molecule has 84 valence electrons. The summed E-state index contributed by atoms with van der Waals surface area (Å²) < 4.78 is 5.67. The predicted octanol–water partition coefficient (Wildman–Crippen LogP) is 2.87. The van der Waals surface area contributed by atoms with Gasteiger partial charge in [-0.25, -0.2) is 0 Å². The molecule has 1 aliphatic heterocycles. The molecule has 0 amide bonds. The Labute approximate surface area is 99.9 Å². The number of carbonyl (C=O) groups excluding carboxylic acids is 1. The Hall–Kier alpha value is -2.09. The molecule has 0 unspecified atom stereocenters. The van der Waals surface area contributed by atoms with Crippen LogP contribution in [0.15, 0.2) is 54.6 Å². The highest BCUT2D eigenvalue weighted by Crippen LogP contribution is 2.29. The first-order valence-corrected chi connectivity index (χ1v) is 5.68. The molecule has 0 saturated heterocycles. The van der Waals surface area contributed by atoms with Crippen molar-refractivity contribution in [3.63, 3.8) is 0 Å². The van der Waals surface area contributed by atoms with Gasteiger partial charge in [-0.3, -0.25) is 4.79 Å². The molecule has 0 spiro atoms. The van der Waals surface area contributed by atoms with Crippen molar-refractivity contribution in [3.8, 4) is 5.75 Å². The molecule has 0 N–H and O–H groups in total.